The van der Waals surface area contributed by atoms with E-state index in [1.165, 1.54) is 11.5 Å². The van der Waals surface area contributed by atoms with Gasteiger partial charge in [0.2, 0.25) is 0 Å². The van der Waals surface area contributed by atoms with Gasteiger partial charge in [-0.25, -0.2) is 4.68 Å². The zero-order valence-corrected chi connectivity index (χ0v) is 11.6. The van der Waals surface area contributed by atoms with E-state index < -0.39 is 0 Å². The van der Waals surface area contributed by atoms with Gasteiger partial charge in [0.05, 0.1) is 9.26 Å². The predicted octanol–water partition coefficient (Wildman–Crippen LogP) is 2.52. The van der Waals surface area contributed by atoms with Crippen molar-refractivity contribution in [1.82, 2.24) is 9.78 Å². The second-order valence-electron chi connectivity index (χ2n) is 3.06. The van der Waals surface area contributed by atoms with Gasteiger partial charge in [-0.2, -0.15) is 16.9 Å². The van der Waals surface area contributed by atoms with Crippen LogP contribution in [0.3, 0.4) is 0 Å². The summed E-state index contributed by atoms with van der Waals surface area (Å²) in [5.41, 5.74) is 6.94. The fourth-order valence-electron chi connectivity index (χ4n) is 1.21. The first kappa shape index (κ1) is 12.2. The maximum atomic E-state index is 5.90. The molecule has 1 aromatic heterocycles. The van der Waals surface area contributed by atoms with Crippen LogP contribution in [0.5, 0.6) is 0 Å². The Kier molecular flexibility index (Phi) is 5.08. The first-order valence-electron chi connectivity index (χ1n) is 4.73. The van der Waals surface area contributed by atoms with Crippen molar-refractivity contribution in [3.8, 4) is 0 Å². The van der Waals surface area contributed by atoms with Crippen LogP contribution in [0.2, 0.25) is 0 Å². The van der Waals surface area contributed by atoms with Gasteiger partial charge in [-0.3, -0.25) is 0 Å². The third kappa shape index (κ3) is 3.05. The molecule has 0 atom stereocenters. The van der Waals surface area contributed by atoms with E-state index in [1.807, 2.05) is 23.4 Å². The number of thioether (sulfide) groups is 1. The molecule has 1 heterocycles. The van der Waals surface area contributed by atoms with Gasteiger partial charge in [-0.05, 0) is 47.4 Å². The summed E-state index contributed by atoms with van der Waals surface area (Å²) in [6.07, 6.45) is 1.14. The minimum atomic E-state index is 0.810. The number of aromatic nitrogens is 2. The molecule has 0 saturated heterocycles. The van der Waals surface area contributed by atoms with Gasteiger partial charge in [0.1, 0.15) is 5.82 Å². The van der Waals surface area contributed by atoms with Crippen LogP contribution in [0.15, 0.2) is 0 Å². The highest BCUT2D eigenvalue weighted by Crippen LogP contribution is 2.18. The molecule has 2 N–H and O–H groups in total. The lowest BCUT2D eigenvalue weighted by Gasteiger charge is -2.03. The van der Waals surface area contributed by atoms with Crippen LogP contribution in [-0.4, -0.2) is 21.3 Å². The van der Waals surface area contributed by atoms with E-state index >= 15 is 0 Å². The molecule has 0 radical (unpaired) electrons. The van der Waals surface area contributed by atoms with Crippen LogP contribution in [-0.2, 0) is 6.54 Å². The topological polar surface area (TPSA) is 43.8 Å². The zero-order chi connectivity index (χ0) is 10.6. The van der Waals surface area contributed by atoms with Crippen molar-refractivity contribution in [2.45, 2.75) is 26.8 Å². The van der Waals surface area contributed by atoms with Crippen molar-refractivity contribution >= 4 is 40.2 Å². The standard InChI is InChI=1S/C9H16IN3S/c1-3-14-6-4-5-13-9(11)8(10)7(2)12-13/h3-6,11H2,1-2H3. The zero-order valence-electron chi connectivity index (χ0n) is 8.59. The summed E-state index contributed by atoms with van der Waals surface area (Å²) in [5, 5.41) is 4.38. The molecule has 0 aliphatic rings. The molecule has 0 aliphatic carbocycles. The summed E-state index contributed by atoms with van der Waals surface area (Å²) in [4.78, 5) is 0. The molecule has 80 valence electrons. The molecule has 5 heteroatoms. The molecule has 0 unspecified atom stereocenters. The quantitative estimate of drug-likeness (QED) is 0.668. The molecule has 0 aliphatic heterocycles. The number of rotatable bonds is 5. The molecule has 0 bridgehead atoms. The average Bonchev–Trinajstić information content (AvgIpc) is 2.41. The molecule has 0 fully saturated rings. The Morgan fingerprint density at radius 2 is 2.29 bits per heavy atom. The SMILES string of the molecule is CCSCCCn1nc(C)c(I)c1N. The van der Waals surface area contributed by atoms with E-state index in [9.17, 15) is 0 Å². The lowest BCUT2D eigenvalue weighted by molar-refractivity contribution is 0.610. The van der Waals surface area contributed by atoms with Gasteiger partial charge >= 0.3 is 0 Å². The molecule has 0 saturated carbocycles. The summed E-state index contributed by atoms with van der Waals surface area (Å²) in [7, 11) is 0. The van der Waals surface area contributed by atoms with Crippen LogP contribution in [0.1, 0.15) is 19.0 Å². The van der Waals surface area contributed by atoms with E-state index in [2.05, 4.69) is 34.6 Å². The summed E-state index contributed by atoms with van der Waals surface area (Å²) in [6, 6.07) is 0. The maximum Gasteiger partial charge on any atom is 0.135 e. The second-order valence-corrected chi connectivity index (χ2v) is 5.53. The fourth-order valence-corrected chi connectivity index (χ4v) is 2.22. The number of aryl methyl sites for hydroxylation is 2. The Morgan fingerprint density at radius 1 is 1.57 bits per heavy atom. The van der Waals surface area contributed by atoms with Gasteiger partial charge < -0.3 is 5.73 Å². The van der Waals surface area contributed by atoms with Crippen LogP contribution in [0, 0.1) is 10.5 Å². The molecule has 1 aromatic rings. The molecule has 14 heavy (non-hydrogen) atoms. The fraction of sp³-hybridized carbons (Fsp3) is 0.667. The van der Waals surface area contributed by atoms with Gasteiger partial charge in [0.25, 0.3) is 0 Å². The third-order valence-corrected chi connectivity index (χ3v) is 4.27. The summed E-state index contributed by atoms with van der Waals surface area (Å²) < 4.78 is 3.00. The van der Waals surface area contributed by atoms with E-state index in [1.54, 1.807) is 0 Å². The molecule has 0 amide bonds. The number of nitrogen functional groups attached to an aromatic ring is 1. The van der Waals surface area contributed by atoms with Gasteiger partial charge in [-0.1, -0.05) is 6.92 Å². The smallest absolute Gasteiger partial charge is 0.135 e. The molecule has 3 nitrogen and oxygen atoms in total. The summed E-state index contributed by atoms with van der Waals surface area (Å²) in [5.74, 6) is 3.18. The average molecular weight is 325 g/mol. The Morgan fingerprint density at radius 3 is 2.79 bits per heavy atom. The lowest BCUT2D eigenvalue weighted by Crippen LogP contribution is -2.06. The number of nitrogens with two attached hydrogens (primary N) is 1. The second kappa shape index (κ2) is 5.85. The van der Waals surface area contributed by atoms with Crippen molar-refractivity contribution in [1.29, 1.82) is 0 Å². The number of hydrogen-bond donors (Lipinski definition) is 1. The molecule has 0 spiro atoms. The van der Waals surface area contributed by atoms with Crippen LogP contribution >= 0.6 is 34.4 Å². The Hall–Kier alpha value is 0.0900. The number of hydrogen-bond acceptors (Lipinski definition) is 3. The van der Waals surface area contributed by atoms with E-state index in [-0.39, 0.29) is 0 Å². The maximum absolute atomic E-state index is 5.90. The predicted molar refractivity (Wildman–Crippen MR) is 71.7 cm³/mol. The van der Waals surface area contributed by atoms with Gasteiger partial charge in [-0.15, -0.1) is 0 Å². The van der Waals surface area contributed by atoms with Crippen LogP contribution in [0.25, 0.3) is 0 Å². The highest BCUT2D eigenvalue weighted by Gasteiger charge is 2.08. The largest absolute Gasteiger partial charge is 0.383 e. The van der Waals surface area contributed by atoms with Crippen LogP contribution in [0.4, 0.5) is 5.82 Å². The van der Waals surface area contributed by atoms with E-state index in [4.69, 9.17) is 5.73 Å². The Bertz CT molecular complexity index is 298. The first-order valence-corrected chi connectivity index (χ1v) is 6.96. The number of nitrogens with zero attached hydrogens (tertiary/aromatic N) is 2. The van der Waals surface area contributed by atoms with Gasteiger partial charge in [0, 0.05) is 6.54 Å². The molecule has 1 rings (SSSR count). The summed E-state index contributed by atoms with van der Waals surface area (Å²) >= 11 is 4.20. The van der Waals surface area contributed by atoms with Crippen LogP contribution < -0.4 is 5.73 Å². The Labute approximate surface area is 103 Å². The lowest BCUT2D eigenvalue weighted by atomic mass is 10.4. The highest BCUT2D eigenvalue weighted by molar-refractivity contribution is 14.1. The van der Waals surface area contributed by atoms with Crippen molar-refractivity contribution in [2.24, 2.45) is 0 Å². The Balaban J connectivity index is 2.47. The minimum Gasteiger partial charge on any atom is -0.383 e. The van der Waals surface area contributed by atoms with Crippen molar-refractivity contribution in [3.63, 3.8) is 0 Å². The van der Waals surface area contributed by atoms with E-state index in [0.717, 1.165) is 28.0 Å². The van der Waals surface area contributed by atoms with E-state index in [0.29, 0.717) is 0 Å². The molecular weight excluding hydrogens is 309 g/mol. The number of anilines is 1. The summed E-state index contributed by atoms with van der Waals surface area (Å²) in [6.45, 7) is 5.11. The highest BCUT2D eigenvalue weighted by atomic mass is 127. The molecular formula is C9H16IN3S. The molecule has 0 aromatic carbocycles. The third-order valence-electron chi connectivity index (χ3n) is 1.95. The normalized spacial score (nSPS) is 10.8. The van der Waals surface area contributed by atoms with Crippen molar-refractivity contribution in [3.05, 3.63) is 9.26 Å². The van der Waals surface area contributed by atoms with Gasteiger partial charge in [0.15, 0.2) is 0 Å². The van der Waals surface area contributed by atoms with Crippen molar-refractivity contribution < 1.29 is 0 Å². The minimum absolute atomic E-state index is 0.810. The first-order chi connectivity index (χ1) is 6.66. The number of halogens is 1. The monoisotopic (exact) mass is 325 g/mol. The van der Waals surface area contributed by atoms with Crippen molar-refractivity contribution in [2.75, 3.05) is 17.2 Å².